The average Bonchev–Trinajstić information content (AvgIpc) is 3.50. The molecule has 6 nitrogen and oxygen atoms in total. The van der Waals surface area contributed by atoms with Crippen LogP contribution in [-0.2, 0) is 6.42 Å². The number of aromatic hydroxyl groups is 1. The number of anilines is 2. The summed E-state index contributed by atoms with van der Waals surface area (Å²) in [6.07, 6.45) is 1.02. The Bertz CT molecular complexity index is 1540. The van der Waals surface area contributed by atoms with E-state index in [1.807, 2.05) is 66.7 Å². The van der Waals surface area contributed by atoms with Crippen LogP contribution in [0.2, 0.25) is 0 Å². The van der Waals surface area contributed by atoms with E-state index < -0.39 is 0 Å². The number of hydrogen-bond acceptors (Lipinski definition) is 4. The molecule has 6 rings (SSSR count). The van der Waals surface area contributed by atoms with Crippen molar-refractivity contribution < 1.29 is 9.90 Å². The fourth-order valence-corrected chi connectivity index (χ4v) is 4.36. The first kappa shape index (κ1) is 20.1. The zero-order valence-corrected chi connectivity index (χ0v) is 18.3. The smallest absolute Gasteiger partial charge is 0.255 e. The molecule has 0 radical (unpaired) electrons. The molecule has 4 aromatic carbocycles. The second-order valence-electron chi connectivity index (χ2n) is 8.45. The standard InChI is InChI=1S/C28H22N4O2/c33-23-3-1-2-20(14-23)21-9-11-24-26(15-21)32-27(31-24)18-4-6-19(7-5-18)28(34)30-22-10-8-17-12-13-29-25(17)16-22/h1-11,14-16,29,33H,12-13H2,(H,30,34)(H,31,32). The molecule has 0 aliphatic carbocycles. The number of nitrogens with zero attached hydrogens (tertiary/aromatic N) is 1. The largest absolute Gasteiger partial charge is 0.508 e. The van der Waals surface area contributed by atoms with Gasteiger partial charge >= 0.3 is 0 Å². The maximum atomic E-state index is 12.7. The van der Waals surface area contributed by atoms with Gasteiger partial charge in [-0.25, -0.2) is 4.98 Å². The van der Waals surface area contributed by atoms with E-state index in [2.05, 4.69) is 21.7 Å². The number of carbonyl (C=O) groups excluding carboxylic acids is 1. The van der Waals surface area contributed by atoms with Gasteiger partial charge in [-0.1, -0.05) is 36.4 Å². The summed E-state index contributed by atoms with van der Waals surface area (Å²) < 4.78 is 0. The summed E-state index contributed by atoms with van der Waals surface area (Å²) in [6, 6.07) is 26.5. The van der Waals surface area contributed by atoms with Gasteiger partial charge in [0.15, 0.2) is 0 Å². The lowest BCUT2D eigenvalue weighted by Gasteiger charge is -2.08. The molecule has 0 atom stereocenters. The lowest BCUT2D eigenvalue weighted by Crippen LogP contribution is -2.11. The Morgan fingerprint density at radius 1 is 0.882 bits per heavy atom. The van der Waals surface area contributed by atoms with Gasteiger partial charge in [0.2, 0.25) is 0 Å². The number of rotatable bonds is 4. The molecule has 1 aliphatic rings. The molecule has 166 valence electrons. The first-order chi connectivity index (χ1) is 16.6. The van der Waals surface area contributed by atoms with Crippen LogP contribution in [0, 0.1) is 0 Å². The third-order valence-corrected chi connectivity index (χ3v) is 6.16. The van der Waals surface area contributed by atoms with Crippen LogP contribution in [0.15, 0.2) is 84.9 Å². The van der Waals surface area contributed by atoms with Crippen LogP contribution in [0.4, 0.5) is 11.4 Å². The van der Waals surface area contributed by atoms with E-state index in [0.29, 0.717) is 5.56 Å². The van der Waals surface area contributed by atoms with Gasteiger partial charge in [0.1, 0.15) is 11.6 Å². The SMILES string of the molecule is O=C(Nc1ccc2c(c1)NCC2)c1ccc(-c2nc3ccc(-c4cccc(O)c4)cc3[nH]2)cc1. The van der Waals surface area contributed by atoms with Crippen LogP contribution in [0.5, 0.6) is 5.75 Å². The molecule has 0 bridgehead atoms. The van der Waals surface area contributed by atoms with E-state index in [0.717, 1.165) is 57.9 Å². The van der Waals surface area contributed by atoms with Crippen molar-refractivity contribution in [3.63, 3.8) is 0 Å². The van der Waals surface area contributed by atoms with E-state index in [1.165, 1.54) is 5.56 Å². The number of carbonyl (C=O) groups is 1. The number of phenolic OH excluding ortho intramolecular Hbond substituents is 1. The highest BCUT2D eigenvalue weighted by atomic mass is 16.3. The predicted molar refractivity (Wildman–Crippen MR) is 135 cm³/mol. The van der Waals surface area contributed by atoms with Crippen molar-refractivity contribution in [1.29, 1.82) is 0 Å². The minimum absolute atomic E-state index is 0.148. The molecule has 1 aromatic heterocycles. The minimum Gasteiger partial charge on any atom is -0.508 e. The maximum Gasteiger partial charge on any atom is 0.255 e. The van der Waals surface area contributed by atoms with E-state index in [-0.39, 0.29) is 11.7 Å². The summed E-state index contributed by atoms with van der Waals surface area (Å²) in [6.45, 7) is 0.938. The first-order valence-corrected chi connectivity index (χ1v) is 11.2. The molecule has 2 heterocycles. The lowest BCUT2D eigenvalue weighted by atomic mass is 10.1. The van der Waals surface area contributed by atoms with Crippen molar-refractivity contribution in [2.45, 2.75) is 6.42 Å². The van der Waals surface area contributed by atoms with Crippen LogP contribution in [0.1, 0.15) is 15.9 Å². The van der Waals surface area contributed by atoms with Gasteiger partial charge in [0, 0.05) is 29.0 Å². The van der Waals surface area contributed by atoms with E-state index in [9.17, 15) is 9.90 Å². The van der Waals surface area contributed by atoms with Crippen molar-refractivity contribution in [3.05, 3.63) is 96.1 Å². The normalized spacial score (nSPS) is 12.4. The summed E-state index contributed by atoms with van der Waals surface area (Å²) in [5, 5.41) is 16.1. The Morgan fingerprint density at radius 3 is 2.56 bits per heavy atom. The number of benzene rings is 4. The Kier molecular flexibility index (Phi) is 4.77. The predicted octanol–water partition coefficient (Wildman–Crippen LogP) is 5.82. The number of aromatic amines is 1. The van der Waals surface area contributed by atoms with Crippen molar-refractivity contribution in [1.82, 2.24) is 9.97 Å². The Hall–Kier alpha value is -4.58. The van der Waals surface area contributed by atoms with Crippen LogP contribution in [-0.4, -0.2) is 27.5 Å². The monoisotopic (exact) mass is 446 g/mol. The van der Waals surface area contributed by atoms with Crippen molar-refractivity contribution in [3.8, 4) is 28.3 Å². The van der Waals surface area contributed by atoms with E-state index in [1.54, 1.807) is 12.1 Å². The van der Waals surface area contributed by atoms with Crippen molar-refractivity contribution in [2.24, 2.45) is 0 Å². The highest BCUT2D eigenvalue weighted by Crippen LogP contribution is 2.29. The van der Waals surface area contributed by atoms with Crippen LogP contribution >= 0.6 is 0 Å². The number of nitrogens with one attached hydrogen (secondary N) is 3. The van der Waals surface area contributed by atoms with Crippen LogP contribution < -0.4 is 10.6 Å². The second kappa shape index (κ2) is 8.08. The number of imidazole rings is 1. The lowest BCUT2D eigenvalue weighted by molar-refractivity contribution is 0.102. The highest BCUT2D eigenvalue weighted by molar-refractivity contribution is 6.04. The molecule has 4 N–H and O–H groups in total. The van der Waals surface area contributed by atoms with Gasteiger partial charge in [-0.15, -0.1) is 0 Å². The number of H-pyrrole nitrogens is 1. The second-order valence-corrected chi connectivity index (χ2v) is 8.45. The maximum absolute atomic E-state index is 12.7. The molecule has 5 aromatic rings. The zero-order valence-electron chi connectivity index (χ0n) is 18.3. The Labute approximate surface area is 196 Å². The van der Waals surface area contributed by atoms with Gasteiger partial charge in [0.25, 0.3) is 5.91 Å². The first-order valence-electron chi connectivity index (χ1n) is 11.2. The number of phenols is 1. The fourth-order valence-electron chi connectivity index (χ4n) is 4.36. The van der Waals surface area contributed by atoms with Crippen LogP contribution in [0.3, 0.4) is 0 Å². The van der Waals surface area contributed by atoms with Gasteiger partial charge in [-0.05, 0) is 71.6 Å². The molecule has 0 saturated carbocycles. The summed E-state index contributed by atoms with van der Waals surface area (Å²) in [5.41, 5.74) is 8.32. The average molecular weight is 447 g/mol. The summed E-state index contributed by atoms with van der Waals surface area (Å²) >= 11 is 0. The number of hydrogen-bond donors (Lipinski definition) is 4. The van der Waals surface area contributed by atoms with Gasteiger partial charge in [0.05, 0.1) is 11.0 Å². The quantitative estimate of drug-likeness (QED) is 0.280. The highest BCUT2D eigenvalue weighted by Gasteiger charge is 2.13. The molecule has 6 heteroatoms. The fraction of sp³-hybridized carbons (Fsp3) is 0.0714. The van der Waals surface area contributed by atoms with Crippen molar-refractivity contribution >= 4 is 28.3 Å². The van der Waals surface area contributed by atoms with Crippen molar-refractivity contribution in [2.75, 3.05) is 17.2 Å². The molecule has 0 spiro atoms. The summed E-state index contributed by atoms with van der Waals surface area (Å²) in [4.78, 5) is 20.8. The number of aromatic nitrogens is 2. The topological polar surface area (TPSA) is 90.0 Å². The molecular formula is C28H22N4O2. The minimum atomic E-state index is -0.148. The Morgan fingerprint density at radius 2 is 1.71 bits per heavy atom. The molecule has 0 unspecified atom stereocenters. The number of fused-ring (bicyclic) bond motifs is 2. The van der Waals surface area contributed by atoms with E-state index in [4.69, 9.17) is 4.98 Å². The number of amides is 1. The molecule has 0 saturated heterocycles. The molecule has 1 amide bonds. The molecular weight excluding hydrogens is 424 g/mol. The molecule has 0 fully saturated rings. The Balaban J connectivity index is 1.22. The van der Waals surface area contributed by atoms with Gasteiger partial charge < -0.3 is 20.7 Å². The van der Waals surface area contributed by atoms with Crippen LogP contribution in [0.25, 0.3) is 33.5 Å². The zero-order chi connectivity index (χ0) is 23.1. The third-order valence-electron chi connectivity index (χ3n) is 6.16. The molecule has 34 heavy (non-hydrogen) atoms. The summed E-state index contributed by atoms with van der Waals surface area (Å²) in [5.74, 6) is 0.824. The molecule has 1 aliphatic heterocycles. The van der Waals surface area contributed by atoms with Gasteiger partial charge in [-0.2, -0.15) is 0 Å². The van der Waals surface area contributed by atoms with Gasteiger partial charge in [-0.3, -0.25) is 4.79 Å². The van der Waals surface area contributed by atoms with E-state index >= 15 is 0 Å². The summed E-state index contributed by atoms with van der Waals surface area (Å²) in [7, 11) is 0. The third kappa shape index (κ3) is 3.75.